The Labute approximate surface area is 119 Å². The van der Waals surface area contributed by atoms with Gasteiger partial charge in [0, 0.05) is 24.3 Å². The number of hydrogen-bond acceptors (Lipinski definition) is 2. The molecule has 0 aliphatic carbocycles. The molecule has 0 saturated carbocycles. The molecular formula is C16H18N2S. The Bertz CT molecular complexity index is 534. The normalized spacial score (nSPS) is 10.2. The standard InChI is InChI=1S/C16H18N2S/c1-2-18(12-13-6-4-3-5-7-13)15-10-8-14(9-11-15)16(17)19/h3-11H,2,12H2,1H3,(H2,17,19). The second kappa shape index (κ2) is 6.34. The van der Waals surface area contributed by atoms with E-state index in [0.717, 1.165) is 18.7 Å². The van der Waals surface area contributed by atoms with Gasteiger partial charge in [-0.1, -0.05) is 42.5 Å². The molecule has 0 fully saturated rings. The molecule has 0 aliphatic heterocycles. The van der Waals surface area contributed by atoms with Gasteiger partial charge < -0.3 is 10.6 Å². The van der Waals surface area contributed by atoms with Crippen molar-refractivity contribution < 1.29 is 0 Å². The molecule has 0 heterocycles. The van der Waals surface area contributed by atoms with Gasteiger partial charge in [0.15, 0.2) is 0 Å². The quantitative estimate of drug-likeness (QED) is 0.845. The van der Waals surface area contributed by atoms with Crippen LogP contribution in [-0.4, -0.2) is 11.5 Å². The highest BCUT2D eigenvalue weighted by atomic mass is 32.1. The highest BCUT2D eigenvalue weighted by molar-refractivity contribution is 7.80. The monoisotopic (exact) mass is 270 g/mol. The average Bonchev–Trinajstić information content (AvgIpc) is 2.46. The van der Waals surface area contributed by atoms with Crippen molar-refractivity contribution >= 4 is 22.9 Å². The SMILES string of the molecule is CCN(Cc1ccccc1)c1ccc(C(N)=S)cc1. The van der Waals surface area contributed by atoms with Crippen molar-refractivity contribution in [1.82, 2.24) is 0 Å². The summed E-state index contributed by atoms with van der Waals surface area (Å²) >= 11 is 4.97. The van der Waals surface area contributed by atoms with Gasteiger partial charge in [0.2, 0.25) is 0 Å². The molecule has 2 nitrogen and oxygen atoms in total. The molecular weight excluding hydrogens is 252 g/mol. The van der Waals surface area contributed by atoms with Crippen molar-refractivity contribution in [3.05, 3.63) is 65.7 Å². The van der Waals surface area contributed by atoms with Crippen LogP contribution in [0.1, 0.15) is 18.1 Å². The first-order valence-electron chi connectivity index (χ1n) is 6.39. The fourth-order valence-electron chi connectivity index (χ4n) is 2.03. The zero-order valence-corrected chi connectivity index (χ0v) is 11.9. The van der Waals surface area contributed by atoms with Crippen LogP contribution in [0.5, 0.6) is 0 Å². The Hall–Kier alpha value is -1.87. The maximum atomic E-state index is 5.61. The van der Waals surface area contributed by atoms with Gasteiger partial charge in [-0.3, -0.25) is 0 Å². The number of nitrogens with two attached hydrogens (primary N) is 1. The second-order valence-electron chi connectivity index (χ2n) is 4.41. The number of hydrogen-bond donors (Lipinski definition) is 1. The van der Waals surface area contributed by atoms with E-state index in [9.17, 15) is 0 Å². The van der Waals surface area contributed by atoms with Gasteiger partial charge in [-0.2, -0.15) is 0 Å². The summed E-state index contributed by atoms with van der Waals surface area (Å²) in [5, 5.41) is 0. The van der Waals surface area contributed by atoms with Gasteiger partial charge in [-0.15, -0.1) is 0 Å². The summed E-state index contributed by atoms with van der Waals surface area (Å²) < 4.78 is 0. The maximum Gasteiger partial charge on any atom is 0.103 e. The topological polar surface area (TPSA) is 29.3 Å². The van der Waals surface area contributed by atoms with E-state index in [2.05, 4.69) is 48.2 Å². The van der Waals surface area contributed by atoms with Crippen molar-refractivity contribution in [1.29, 1.82) is 0 Å². The summed E-state index contributed by atoms with van der Waals surface area (Å²) in [6.45, 7) is 4.02. The predicted octanol–water partition coefficient (Wildman–Crippen LogP) is 3.35. The molecule has 2 aromatic carbocycles. The summed E-state index contributed by atoms with van der Waals surface area (Å²) in [5.41, 5.74) is 9.02. The molecule has 98 valence electrons. The van der Waals surface area contributed by atoms with E-state index < -0.39 is 0 Å². The molecule has 0 amide bonds. The van der Waals surface area contributed by atoms with Crippen molar-refractivity contribution in [2.75, 3.05) is 11.4 Å². The molecule has 2 N–H and O–H groups in total. The molecule has 0 aromatic heterocycles. The zero-order valence-electron chi connectivity index (χ0n) is 11.0. The first-order valence-corrected chi connectivity index (χ1v) is 6.80. The molecule has 0 saturated heterocycles. The average molecular weight is 270 g/mol. The lowest BCUT2D eigenvalue weighted by atomic mass is 10.1. The van der Waals surface area contributed by atoms with Gasteiger partial charge in [0.1, 0.15) is 4.99 Å². The molecule has 0 bridgehead atoms. The van der Waals surface area contributed by atoms with E-state index >= 15 is 0 Å². The summed E-state index contributed by atoms with van der Waals surface area (Å²) in [4.78, 5) is 2.76. The van der Waals surface area contributed by atoms with E-state index in [-0.39, 0.29) is 0 Å². The number of benzene rings is 2. The molecule has 0 aliphatic rings. The Morgan fingerprint density at radius 1 is 1.05 bits per heavy atom. The van der Waals surface area contributed by atoms with Crippen LogP contribution >= 0.6 is 12.2 Å². The van der Waals surface area contributed by atoms with Crippen LogP contribution < -0.4 is 10.6 Å². The Kier molecular flexibility index (Phi) is 4.53. The summed E-state index contributed by atoms with van der Waals surface area (Å²) in [5.74, 6) is 0. The van der Waals surface area contributed by atoms with E-state index in [1.165, 1.54) is 11.3 Å². The van der Waals surface area contributed by atoms with Gasteiger partial charge in [-0.05, 0) is 36.8 Å². The van der Waals surface area contributed by atoms with Gasteiger partial charge in [0.25, 0.3) is 0 Å². The van der Waals surface area contributed by atoms with E-state index in [0.29, 0.717) is 4.99 Å². The molecule has 0 radical (unpaired) electrons. The Morgan fingerprint density at radius 3 is 2.21 bits per heavy atom. The molecule has 0 unspecified atom stereocenters. The number of rotatable bonds is 5. The lowest BCUT2D eigenvalue weighted by Crippen LogP contribution is -2.22. The smallest absolute Gasteiger partial charge is 0.103 e. The third kappa shape index (κ3) is 3.55. The second-order valence-corrected chi connectivity index (χ2v) is 4.85. The third-order valence-electron chi connectivity index (χ3n) is 3.11. The molecule has 19 heavy (non-hydrogen) atoms. The van der Waals surface area contributed by atoms with Crippen LogP contribution in [0.25, 0.3) is 0 Å². The van der Waals surface area contributed by atoms with E-state index in [1.54, 1.807) is 0 Å². The lowest BCUT2D eigenvalue weighted by Gasteiger charge is -2.23. The van der Waals surface area contributed by atoms with E-state index in [1.807, 2.05) is 18.2 Å². The summed E-state index contributed by atoms with van der Waals surface area (Å²) in [6.07, 6.45) is 0. The van der Waals surface area contributed by atoms with Gasteiger partial charge in [0.05, 0.1) is 0 Å². The highest BCUT2D eigenvalue weighted by Gasteiger charge is 2.05. The molecule has 2 rings (SSSR count). The van der Waals surface area contributed by atoms with Crippen LogP contribution in [-0.2, 0) is 6.54 Å². The highest BCUT2D eigenvalue weighted by Crippen LogP contribution is 2.18. The fraction of sp³-hybridized carbons (Fsp3) is 0.188. The third-order valence-corrected chi connectivity index (χ3v) is 3.35. The Morgan fingerprint density at radius 2 is 1.68 bits per heavy atom. The van der Waals surface area contributed by atoms with Crippen LogP contribution in [0.2, 0.25) is 0 Å². The molecule has 3 heteroatoms. The molecule has 2 aromatic rings. The minimum atomic E-state index is 0.442. The van der Waals surface area contributed by atoms with Crippen LogP contribution in [0.4, 0.5) is 5.69 Å². The van der Waals surface area contributed by atoms with Crippen molar-refractivity contribution in [2.45, 2.75) is 13.5 Å². The largest absolute Gasteiger partial charge is 0.389 e. The van der Waals surface area contributed by atoms with E-state index in [4.69, 9.17) is 18.0 Å². The fourth-order valence-corrected chi connectivity index (χ4v) is 2.16. The first kappa shape index (κ1) is 13.6. The minimum Gasteiger partial charge on any atom is -0.389 e. The molecule has 0 atom stereocenters. The lowest BCUT2D eigenvalue weighted by molar-refractivity contribution is 0.832. The van der Waals surface area contributed by atoms with Gasteiger partial charge >= 0.3 is 0 Å². The summed E-state index contributed by atoms with van der Waals surface area (Å²) in [6, 6.07) is 18.6. The predicted molar refractivity (Wildman–Crippen MR) is 85.5 cm³/mol. The van der Waals surface area contributed by atoms with Crippen LogP contribution in [0.3, 0.4) is 0 Å². The summed E-state index contributed by atoms with van der Waals surface area (Å²) in [7, 11) is 0. The van der Waals surface area contributed by atoms with Crippen molar-refractivity contribution in [3.8, 4) is 0 Å². The number of thiocarbonyl (C=S) groups is 1. The number of anilines is 1. The van der Waals surface area contributed by atoms with Crippen molar-refractivity contribution in [2.24, 2.45) is 5.73 Å². The number of nitrogens with zero attached hydrogens (tertiary/aromatic N) is 1. The van der Waals surface area contributed by atoms with Crippen LogP contribution in [0, 0.1) is 0 Å². The van der Waals surface area contributed by atoms with Gasteiger partial charge in [-0.25, -0.2) is 0 Å². The molecule has 0 spiro atoms. The maximum absolute atomic E-state index is 5.61. The minimum absolute atomic E-state index is 0.442. The first-order chi connectivity index (χ1) is 9.20. The van der Waals surface area contributed by atoms with Crippen molar-refractivity contribution in [3.63, 3.8) is 0 Å². The van der Waals surface area contributed by atoms with Crippen LogP contribution in [0.15, 0.2) is 54.6 Å². The Balaban J connectivity index is 2.15. The zero-order chi connectivity index (χ0) is 13.7.